The molecule has 0 heterocycles. The van der Waals surface area contributed by atoms with Gasteiger partial charge in [-0.05, 0) is 39.5 Å². The van der Waals surface area contributed by atoms with Crippen LogP contribution in [0.25, 0.3) is 0 Å². The van der Waals surface area contributed by atoms with Crippen molar-refractivity contribution in [3.63, 3.8) is 0 Å². The Morgan fingerprint density at radius 1 is 1.21 bits per heavy atom. The molecule has 0 amide bonds. The van der Waals surface area contributed by atoms with E-state index in [1.165, 1.54) is 38.5 Å². The van der Waals surface area contributed by atoms with Gasteiger partial charge in [-0.15, -0.1) is 0 Å². The van der Waals surface area contributed by atoms with Gasteiger partial charge in [-0.2, -0.15) is 0 Å². The van der Waals surface area contributed by atoms with Gasteiger partial charge in [0.25, 0.3) is 0 Å². The molecule has 0 aliphatic heterocycles. The maximum Gasteiger partial charge on any atom is 0.0779 e. The molecule has 2 N–H and O–H groups in total. The van der Waals surface area contributed by atoms with Crippen LogP contribution in [0.15, 0.2) is 0 Å². The number of ether oxygens (including phenoxy) is 2. The van der Waals surface area contributed by atoms with Crippen molar-refractivity contribution in [2.24, 2.45) is 0 Å². The van der Waals surface area contributed by atoms with Crippen LogP contribution in [0.5, 0.6) is 0 Å². The number of rotatable bonds is 9. The maximum absolute atomic E-state index is 8.69. The zero-order valence-corrected chi connectivity index (χ0v) is 12.8. The van der Waals surface area contributed by atoms with Gasteiger partial charge >= 0.3 is 0 Å². The zero-order valence-electron chi connectivity index (χ0n) is 12.8. The van der Waals surface area contributed by atoms with E-state index in [1.54, 1.807) is 13.8 Å². The van der Waals surface area contributed by atoms with Crippen molar-refractivity contribution in [2.45, 2.75) is 77.6 Å². The van der Waals surface area contributed by atoms with Gasteiger partial charge in [0.1, 0.15) is 0 Å². The molecule has 4 heteroatoms. The molecular formula is C15H32O4. The molecule has 0 bridgehead atoms. The third kappa shape index (κ3) is 12.6. The Balaban J connectivity index is 0.000000344. The smallest absolute Gasteiger partial charge is 0.0779 e. The Morgan fingerprint density at radius 2 is 1.89 bits per heavy atom. The van der Waals surface area contributed by atoms with Gasteiger partial charge in [0.15, 0.2) is 0 Å². The van der Waals surface area contributed by atoms with Gasteiger partial charge in [-0.25, -0.2) is 0 Å². The first-order valence-electron chi connectivity index (χ1n) is 7.62. The molecule has 0 saturated heterocycles. The molecule has 1 aliphatic rings. The summed E-state index contributed by atoms with van der Waals surface area (Å²) in [6, 6.07) is 0. The maximum atomic E-state index is 8.69. The third-order valence-electron chi connectivity index (χ3n) is 3.03. The minimum absolute atomic E-state index is 0.00667. The fraction of sp³-hybridized carbons (Fsp3) is 1.00. The summed E-state index contributed by atoms with van der Waals surface area (Å²) in [7, 11) is 0. The van der Waals surface area contributed by atoms with Gasteiger partial charge in [0.2, 0.25) is 0 Å². The molecule has 1 aliphatic carbocycles. The highest BCUT2D eigenvalue weighted by atomic mass is 16.5. The fourth-order valence-electron chi connectivity index (χ4n) is 1.50. The predicted molar refractivity (Wildman–Crippen MR) is 77.3 cm³/mol. The predicted octanol–water partition coefficient (Wildman–Crippen LogP) is 2.51. The van der Waals surface area contributed by atoms with E-state index in [-0.39, 0.29) is 12.7 Å². The molecule has 0 aromatic heterocycles. The van der Waals surface area contributed by atoms with Gasteiger partial charge in [-0.1, -0.05) is 19.8 Å². The number of hydrogen-bond donors (Lipinski definition) is 2. The van der Waals surface area contributed by atoms with E-state index < -0.39 is 6.10 Å². The van der Waals surface area contributed by atoms with E-state index in [1.807, 2.05) is 0 Å². The summed E-state index contributed by atoms with van der Waals surface area (Å²) in [6.45, 7) is 6.92. The first kappa shape index (κ1) is 18.8. The second-order valence-corrected chi connectivity index (χ2v) is 5.31. The van der Waals surface area contributed by atoms with Gasteiger partial charge in [-0.3, -0.25) is 0 Å². The Labute approximate surface area is 118 Å². The summed E-state index contributed by atoms with van der Waals surface area (Å²) < 4.78 is 10.5. The van der Waals surface area contributed by atoms with Crippen LogP contribution in [0, 0.1) is 0 Å². The average Bonchev–Trinajstić information content (AvgIpc) is 2.34. The van der Waals surface area contributed by atoms with E-state index in [9.17, 15) is 0 Å². The molecule has 2 unspecified atom stereocenters. The average molecular weight is 276 g/mol. The standard InChI is InChI=1S/C9H18O.C6H14O3/c1-2-3-4-8-10-9-6-5-7-9;1-5(8)4-9-6(2)3-7/h9H,2-8H2,1H3;5-8H,3-4H2,1-2H3. The number of aliphatic hydroxyl groups excluding tert-OH is 2. The van der Waals surface area contributed by atoms with Crippen molar-refractivity contribution in [1.82, 2.24) is 0 Å². The summed E-state index contributed by atoms with van der Waals surface area (Å²) >= 11 is 0. The van der Waals surface area contributed by atoms with Crippen molar-refractivity contribution < 1.29 is 19.7 Å². The largest absolute Gasteiger partial charge is 0.394 e. The SMILES string of the molecule is CC(O)COC(C)CO.CCCCCOC1CCC1. The van der Waals surface area contributed by atoms with Crippen LogP contribution in [0.4, 0.5) is 0 Å². The molecule has 1 saturated carbocycles. The number of aliphatic hydroxyl groups is 2. The van der Waals surface area contributed by atoms with Crippen molar-refractivity contribution in [3.05, 3.63) is 0 Å². The molecule has 0 aromatic carbocycles. The fourth-order valence-corrected chi connectivity index (χ4v) is 1.50. The Hall–Kier alpha value is -0.160. The molecule has 1 fully saturated rings. The van der Waals surface area contributed by atoms with Gasteiger partial charge < -0.3 is 19.7 Å². The van der Waals surface area contributed by atoms with Crippen molar-refractivity contribution in [1.29, 1.82) is 0 Å². The van der Waals surface area contributed by atoms with Crippen molar-refractivity contribution in [2.75, 3.05) is 19.8 Å². The highest BCUT2D eigenvalue weighted by Gasteiger charge is 2.16. The molecule has 19 heavy (non-hydrogen) atoms. The first-order chi connectivity index (χ1) is 9.10. The van der Waals surface area contributed by atoms with Crippen molar-refractivity contribution >= 4 is 0 Å². The second kappa shape index (κ2) is 12.9. The minimum atomic E-state index is -0.445. The summed E-state index contributed by atoms with van der Waals surface area (Å²) in [4.78, 5) is 0. The third-order valence-corrected chi connectivity index (χ3v) is 3.03. The minimum Gasteiger partial charge on any atom is -0.394 e. The van der Waals surface area contributed by atoms with Crippen LogP contribution in [-0.4, -0.2) is 48.3 Å². The van der Waals surface area contributed by atoms with E-state index in [0.717, 1.165) is 6.61 Å². The highest BCUT2D eigenvalue weighted by Crippen LogP contribution is 2.21. The van der Waals surface area contributed by atoms with E-state index in [2.05, 4.69) is 6.92 Å². The Kier molecular flexibility index (Phi) is 12.7. The molecule has 0 aromatic rings. The lowest BCUT2D eigenvalue weighted by Crippen LogP contribution is -2.21. The van der Waals surface area contributed by atoms with Crippen LogP contribution in [-0.2, 0) is 9.47 Å². The topological polar surface area (TPSA) is 58.9 Å². The molecule has 4 nitrogen and oxygen atoms in total. The van der Waals surface area contributed by atoms with Gasteiger partial charge in [0, 0.05) is 6.61 Å². The lowest BCUT2D eigenvalue weighted by molar-refractivity contribution is -0.0177. The van der Waals surface area contributed by atoms with Crippen LogP contribution < -0.4 is 0 Å². The monoisotopic (exact) mass is 276 g/mol. The summed E-state index contributed by atoms with van der Waals surface area (Å²) in [6.07, 6.45) is 7.92. The second-order valence-electron chi connectivity index (χ2n) is 5.31. The number of hydrogen-bond acceptors (Lipinski definition) is 4. The summed E-state index contributed by atoms with van der Waals surface area (Å²) in [5.41, 5.74) is 0. The number of unbranched alkanes of at least 4 members (excludes halogenated alkanes) is 2. The first-order valence-corrected chi connectivity index (χ1v) is 7.62. The van der Waals surface area contributed by atoms with Crippen LogP contribution in [0.2, 0.25) is 0 Å². The zero-order chi connectivity index (χ0) is 14.5. The summed E-state index contributed by atoms with van der Waals surface area (Å²) in [5.74, 6) is 0. The quantitative estimate of drug-likeness (QED) is 0.635. The Bertz CT molecular complexity index is 181. The van der Waals surface area contributed by atoms with E-state index in [4.69, 9.17) is 19.7 Å². The van der Waals surface area contributed by atoms with E-state index >= 15 is 0 Å². The molecule has 2 atom stereocenters. The van der Waals surface area contributed by atoms with E-state index in [0.29, 0.717) is 12.7 Å². The highest BCUT2D eigenvalue weighted by molar-refractivity contribution is 4.68. The van der Waals surface area contributed by atoms with Crippen LogP contribution in [0.1, 0.15) is 59.3 Å². The molecule has 0 radical (unpaired) electrons. The molecule has 0 spiro atoms. The Morgan fingerprint density at radius 3 is 2.32 bits per heavy atom. The molecule has 1 rings (SSSR count). The summed E-state index contributed by atoms with van der Waals surface area (Å²) in [5, 5.41) is 17.1. The van der Waals surface area contributed by atoms with Crippen molar-refractivity contribution in [3.8, 4) is 0 Å². The van der Waals surface area contributed by atoms with Gasteiger partial charge in [0.05, 0.1) is 31.5 Å². The lowest BCUT2D eigenvalue weighted by Gasteiger charge is -2.25. The van der Waals surface area contributed by atoms with Crippen LogP contribution in [0.3, 0.4) is 0 Å². The lowest BCUT2D eigenvalue weighted by atomic mass is 9.96. The normalized spacial score (nSPS) is 18.2. The van der Waals surface area contributed by atoms with Crippen LogP contribution >= 0.6 is 0 Å². The molecule has 116 valence electrons. The molecular weight excluding hydrogens is 244 g/mol.